The number of H-pyrrole nitrogens is 1. The Hall–Kier alpha value is -6.77. The molecule has 0 saturated carbocycles. The van der Waals surface area contributed by atoms with Crippen molar-refractivity contribution in [3.05, 3.63) is 82.9 Å². The van der Waals surface area contributed by atoms with Gasteiger partial charge in [-0.3, -0.25) is 24.2 Å². The molecule has 0 saturated heterocycles. The number of hydrogen-bond donors (Lipinski definition) is 9. The van der Waals surface area contributed by atoms with Crippen LogP contribution >= 0.6 is 0 Å². The number of aromatic amines is 1. The van der Waals surface area contributed by atoms with Gasteiger partial charge in [0.05, 0.1) is 10.9 Å². The first-order valence-electron chi connectivity index (χ1n) is 14.9. The SMILES string of the molecule is Nc1ccc(S(=O)(=O)Nc2ncccn2)cc1.Nc1nc2c(c(=O)[nH]1)N(C=O)C(CNc1ccc(C(=O)NC(CCC(=O)O)C(=O)O)cc1)CN2. The van der Waals surface area contributed by atoms with Gasteiger partial charge in [0, 0.05) is 48.8 Å². The molecular weight excluding hydrogens is 690 g/mol. The lowest BCUT2D eigenvalue weighted by Crippen LogP contribution is -2.50. The molecule has 0 aliphatic carbocycles. The molecule has 2 aromatic carbocycles. The van der Waals surface area contributed by atoms with E-state index in [-0.39, 0.29) is 46.8 Å². The Bertz CT molecular complexity index is 2030. The Balaban J connectivity index is 0.000000286. The maximum absolute atomic E-state index is 12.3. The third-order valence-corrected chi connectivity index (χ3v) is 8.45. The molecule has 11 N–H and O–H groups in total. The third-order valence-electron chi connectivity index (χ3n) is 7.10. The zero-order valence-corrected chi connectivity index (χ0v) is 27.3. The van der Waals surface area contributed by atoms with Crippen molar-refractivity contribution in [2.75, 3.05) is 44.8 Å². The molecule has 1 aliphatic rings. The maximum Gasteiger partial charge on any atom is 0.326 e. The van der Waals surface area contributed by atoms with Gasteiger partial charge in [0.15, 0.2) is 11.5 Å². The van der Waals surface area contributed by atoms with Crippen LogP contribution in [0.1, 0.15) is 23.2 Å². The number of amides is 2. The van der Waals surface area contributed by atoms with Crippen LogP contribution in [0.5, 0.6) is 0 Å². The zero-order valence-electron chi connectivity index (χ0n) is 26.5. The Labute approximate surface area is 289 Å². The van der Waals surface area contributed by atoms with Crippen LogP contribution in [-0.4, -0.2) is 88.0 Å². The Morgan fingerprint density at radius 3 is 2.31 bits per heavy atom. The van der Waals surface area contributed by atoms with Gasteiger partial charge >= 0.3 is 11.9 Å². The molecule has 3 heterocycles. The fourth-order valence-corrected chi connectivity index (χ4v) is 5.53. The van der Waals surface area contributed by atoms with Crippen LogP contribution in [0.15, 0.2) is 76.7 Å². The quantitative estimate of drug-likeness (QED) is 0.0654. The lowest BCUT2D eigenvalue weighted by atomic mass is 10.1. The molecule has 4 aromatic rings. The van der Waals surface area contributed by atoms with Gasteiger partial charge in [-0.2, -0.15) is 4.98 Å². The van der Waals surface area contributed by atoms with Crippen molar-refractivity contribution in [3.63, 3.8) is 0 Å². The molecule has 21 heteroatoms. The Morgan fingerprint density at radius 2 is 1.71 bits per heavy atom. The molecule has 51 heavy (non-hydrogen) atoms. The number of nitrogens with one attached hydrogen (secondary N) is 5. The van der Waals surface area contributed by atoms with Gasteiger partial charge in [0.25, 0.3) is 21.5 Å². The van der Waals surface area contributed by atoms with Crippen LogP contribution in [-0.2, 0) is 24.4 Å². The van der Waals surface area contributed by atoms with Crippen LogP contribution in [0.25, 0.3) is 0 Å². The molecule has 1 aliphatic heterocycles. The highest BCUT2D eigenvalue weighted by Crippen LogP contribution is 2.25. The van der Waals surface area contributed by atoms with E-state index in [0.29, 0.717) is 24.3 Å². The number of aliphatic carboxylic acids is 2. The summed E-state index contributed by atoms with van der Waals surface area (Å²) in [7, 11) is -3.66. The molecule has 268 valence electrons. The lowest BCUT2D eigenvalue weighted by molar-refractivity contribution is -0.140. The summed E-state index contributed by atoms with van der Waals surface area (Å²) in [6, 6.07) is 11.8. The molecular formula is C30H33N11O9S. The predicted octanol–water partition coefficient (Wildman–Crippen LogP) is 0.129. The van der Waals surface area contributed by atoms with E-state index in [2.05, 4.69) is 40.6 Å². The van der Waals surface area contributed by atoms with Crippen molar-refractivity contribution in [2.45, 2.75) is 29.8 Å². The van der Waals surface area contributed by atoms with Crippen LogP contribution < -0.4 is 42.6 Å². The number of carbonyl (C=O) groups is 4. The first-order valence-corrected chi connectivity index (χ1v) is 16.4. The van der Waals surface area contributed by atoms with Crippen LogP contribution in [0.3, 0.4) is 0 Å². The van der Waals surface area contributed by atoms with Crippen LogP contribution in [0.2, 0.25) is 0 Å². The van der Waals surface area contributed by atoms with Gasteiger partial charge < -0.3 is 42.5 Å². The highest BCUT2D eigenvalue weighted by atomic mass is 32.2. The molecule has 20 nitrogen and oxygen atoms in total. The van der Waals surface area contributed by atoms with Crippen molar-refractivity contribution in [1.29, 1.82) is 0 Å². The van der Waals surface area contributed by atoms with Gasteiger partial charge in [-0.05, 0) is 61.0 Å². The number of carboxylic acids is 2. The van der Waals surface area contributed by atoms with Crippen molar-refractivity contribution in [1.82, 2.24) is 25.3 Å². The second-order valence-corrected chi connectivity index (χ2v) is 12.4. The highest BCUT2D eigenvalue weighted by Gasteiger charge is 2.30. The van der Waals surface area contributed by atoms with Gasteiger partial charge in [-0.1, -0.05) is 0 Å². The smallest absolute Gasteiger partial charge is 0.326 e. The topological polar surface area (TPSA) is 318 Å². The number of anilines is 6. The van der Waals surface area contributed by atoms with Gasteiger partial charge in [-0.25, -0.2) is 27.9 Å². The number of hydrogen-bond acceptors (Lipinski definition) is 14. The van der Waals surface area contributed by atoms with Gasteiger partial charge in [0.1, 0.15) is 6.04 Å². The van der Waals surface area contributed by atoms with Crippen molar-refractivity contribution in [2.24, 2.45) is 0 Å². The summed E-state index contributed by atoms with van der Waals surface area (Å²) in [6.45, 7) is 0.568. The van der Waals surface area contributed by atoms with E-state index >= 15 is 0 Å². The summed E-state index contributed by atoms with van der Waals surface area (Å²) in [4.78, 5) is 73.4. The summed E-state index contributed by atoms with van der Waals surface area (Å²) >= 11 is 0. The standard InChI is InChI=1S/C20H23N7O7.C10H10N4O2S/c21-20-25-16-15(18(32)26-20)27(9-28)12(8-23-16)7-22-11-3-1-10(2-4-11)17(31)24-13(19(33)34)5-6-14(29)30;11-8-2-4-9(5-3-8)17(15,16)14-10-12-6-1-7-13-10/h1-4,9,12-13,22H,5-8H2,(H,24,31)(H,29,30)(H,33,34)(H4,21,23,25,26,32);1-7H,11H2,(H,12,13,14). The monoisotopic (exact) mass is 723 g/mol. The third kappa shape index (κ3) is 10.1. The molecule has 2 aromatic heterocycles. The molecule has 0 fully saturated rings. The van der Waals surface area contributed by atoms with E-state index in [9.17, 15) is 37.5 Å². The summed E-state index contributed by atoms with van der Waals surface area (Å²) in [6.07, 6.45) is 2.80. The second-order valence-electron chi connectivity index (χ2n) is 10.7. The minimum atomic E-state index is -3.66. The second kappa shape index (κ2) is 16.6. The number of nitrogen functional groups attached to an aromatic ring is 2. The molecule has 0 radical (unpaired) electrons. The van der Waals surface area contributed by atoms with E-state index in [1.807, 2.05) is 0 Å². The first-order chi connectivity index (χ1) is 24.3. The number of carbonyl (C=O) groups excluding carboxylic acids is 2. The molecule has 5 rings (SSSR count). The molecule has 0 spiro atoms. The number of carboxylic acid groups (broad SMARTS) is 2. The van der Waals surface area contributed by atoms with E-state index in [1.165, 1.54) is 53.7 Å². The highest BCUT2D eigenvalue weighted by molar-refractivity contribution is 7.92. The summed E-state index contributed by atoms with van der Waals surface area (Å²) < 4.78 is 26.0. The zero-order chi connectivity index (χ0) is 37.1. The van der Waals surface area contributed by atoms with Crippen molar-refractivity contribution >= 4 is 69.1 Å². The number of benzene rings is 2. The van der Waals surface area contributed by atoms with E-state index < -0.39 is 51.9 Å². The van der Waals surface area contributed by atoms with Crippen LogP contribution in [0.4, 0.5) is 34.8 Å². The largest absolute Gasteiger partial charge is 0.481 e. The number of rotatable bonds is 13. The average Bonchev–Trinajstić information content (AvgIpc) is 3.09. The normalized spacial score (nSPS) is 14.0. The van der Waals surface area contributed by atoms with Crippen molar-refractivity contribution < 1.29 is 37.8 Å². The minimum Gasteiger partial charge on any atom is -0.481 e. The number of fused-ring (bicyclic) bond motifs is 1. The fraction of sp³-hybridized carbons (Fsp3) is 0.200. The van der Waals surface area contributed by atoms with E-state index in [4.69, 9.17) is 16.6 Å². The molecule has 2 amide bonds. The van der Waals surface area contributed by atoms with Gasteiger partial charge in [-0.15, -0.1) is 0 Å². The Morgan fingerprint density at radius 1 is 1.04 bits per heavy atom. The van der Waals surface area contributed by atoms with E-state index in [1.54, 1.807) is 18.2 Å². The lowest BCUT2D eigenvalue weighted by Gasteiger charge is -2.34. The number of aromatic nitrogens is 4. The van der Waals surface area contributed by atoms with Gasteiger partial charge in [0.2, 0.25) is 18.3 Å². The van der Waals surface area contributed by atoms with Crippen molar-refractivity contribution in [3.8, 4) is 0 Å². The maximum atomic E-state index is 12.3. The fourth-order valence-electron chi connectivity index (χ4n) is 4.57. The molecule has 2 unspecified atom stereocenters. The van der Waals surface area contributed by atoms with Crippen LogP contribution in [0, 0.1) is 0 Å². The number of sulfonamides is 1. The Kier molecular flexibility index (Phi) is 12.0. The minimum absolute atomic E-state index is 0.0318. The molecule has 2 atom stereocenters. The van der Waals surface area contributed by atoms with E-state index in [0.717, 1.165) is 0 Å². The number of nitrogens with zero attached hydrogens (tertiary/aromatic N) is 4. The summed E-state index contributed by atoms with van der Waals surface area (Å²) in [5.41, 5.74) is 11.8. The number of nitrogens with two attached hydrogens (primary N) is 2. The predicted molar refractivity (Wildman–Crippen MR) is 184 cm³/mol. The summed E-state index contributed by atoms with van der Waals surface area (Å²) in [5, 5.41) is 26.3. The molecule has 0 bridgehead atoms. The summed E-state index contributed by atoms with van der Waals surface area (Å²) in [5.74, 6) is -2.97. The first kappa shape index (κ1) is 37.1. The average molecular weight is 724 g/mol.